The molecule has 0 spiro atoms. The first-order chi connectivity index (χ1) is 39.5. The molecule has 2 aliphatic rings. The minimum atomic E-state index is -1.76. The molecular formula is C66H122O15. The molecule has 2 fully saturated rings. The molecule has 0 aromatic rings. The Morgan fingerprint density at radius 2 is 0.741 bits per heavy atom. The fraction of sp³-hybridized carbons (Fsp3) is 0.909. The lowest BCUT2D eigenvalue weighted by atomic mass is 9.98. The minimum absolute atomic E-state index is 0.164. The van der Waals surface area contributed by atoms with Crippen molar-refractivity contribution in [1.82, 2.24) is 0 Å². The van der Waals surface area contributed by atoms with E-state index >= 15 is 0 Å². The first kappa shape index (κ1) is 75.1. The van der Waals surface area contributed by atoms with Crippen LogP contribution in [0.15, 0.2) is 24.3 Å². The van der Waals surface area contributed by atoms with Gasteiger partial charge in [0.05, 0.1) is 19.8 Å². The lowest BCUT2D eigenvalue weighted by Gasteiger charge is -2.42. The van der Waals surface area contributed by atoms with Crippen molar-refractivity contribution in [2.75, 3.05) is 26.4 Å². The third-order valence-electron chi connectivity index (χ3n) is 16.2. The van der Waals surface area contributed by atoms with E-state index in [2.05, 4.69) is 38.2 Å². The van der Waals surface area contributed by atoms with Gasteiger partial charge in [-0.3, -0.25) is 9.59 Å². The van der Waals surface area contributed by atoms with E-state index in [0.717, 1.165) is 57.8 Å². The van der Waals surface area contributed by atoms with E-state index in [0.29, 0.717) is 12.8 Å². The Labute approximate surface area is 492 Å². The van der Waals surface area contributed by atoms with E-state index < -0.39 is 92.7 Å². The van der Waals surface area contributed by atoms with Gasteiger partial charge in [0.15, 0.2) is 18.7 Å². The van der Waals surface area contributed by atoms with Gasteiger partial charge in [0, 0.05) is 12.8 Å². The zero-order chi connectivity index (χ0) is 58.8. The Kier molecular flexibility index (Phi) is 48.5. The highest BCUT2D eigenvalue weighted by atomic mass is 16.7. The van der Waals surface area contributed by atoms with Crippen LogP contribution in [0.4, 0.5) is 0 Å². The van der Waals surface area contributed by atoms with Gasteiger partial charge in [-0.2, -0.15) is 0 Å². The van der Waals surface area contributed by atoms with Gasteiger partial charge in [-0.15, -0.1) is 0 Å². The third-order valence-corrected chi connectivity index (χ3v) is 16.2. The number of carbonyl (C=O) groups excluding carboxylic acids is 2. The Morgan fingerprint density at radius 1 is 0.395 bits per heavy atom. The van der Waals surface area contributed by atoms with Gasteiger partial charge in [-0.05, 0) is 44.9 Å². The maximum absolute atomic E-state index is 13.1. The average molecular weight is 1160 g/mol. The van der Waals surface area contributed by atoms with Crippen LogP contribution in [0.3, 0.4) is 0 Å². The summed E-state index contributed by atoms with van der Waals surface area (Å²) in [4.78, 5) is 26.0. The van der Waals surface area contributed by atoms with Gasteiger partial charge in [0.25, 0.3) is 0 Å². The number of rotatable bonds is 55. The second-order valence-electron chi connectivity index (χ2n) is 23.7. The van der Waals surface area contributed by atoms with Crippen LogP contribution in [0.5, 0.6) is 0 Å². The van der Waals surface area contributed by atoms with E-state index in [4.69, 9.17) is 28.4 Å². The van der Waals surface area contributed by atoms with Crippen LogP contribution in [0, 0.1) is 0 Å². The van der Waals surface area contributed by atoms with Crippen molar-refractivity contribution < 1.29 is 73.8 Å². The lowest BCUT2D eigenvalue weighted by molar-refractivity contribution is -0.332. The van der Waals surface area contributed by atoms with Gasteiger partial charge in [-0.1, -0.05) is 256 Å². The second-order valence-corrected chi connectivity index (χ2v) is 23.7. The molecule has 11 unspecified atom stereocenters. The monoisotopic (exact) mass is 1150 g/mol. The normalized spacial score (nSPS) is 23.7. The Morgan fingerprint density at radius 3 is 1.15 bits per heavy atom. The van der Waals surface area contributed by atoms with E-state index in [-0.39, 0.29) is 26.1 Å². The van der Waals surface area contributed by atoms with Crippen molar-refractivity contribution in [3.05, 3.63) is 24.3 Å². The van der Waals surface area contributed by atoms with Crippen LogP contribution in [-0.4, -0.2) is 142 Å². The first-order valence-electron chi connectivity index (χ1n) is 33.4. The number of aliphatic hydroxyl groups is 7. The standard InChI is InChI=1S/C66H122O15/c1-3-5-7-9-11-13-15-17-19-21-23-25-26-27-29-30-32-34-36-38-40-42-44-46-48-57(68)76-51-54(52-77-65-64(75)62(73)60(71)56(81-65)53-78-66-63(74)61(72)59(70)55(50-67)80-66)79-58(69)49-47-45-43-41-39-37-35-33-31-28-24-22-20-18-16-14-12-10-8-6-4-2/h16,18,22,24,54-56,59-67,70-75H,3-15,17,19-21,23,25-53H2,1-2H3/b18-16-,24-22-. The van der Waals surface area contributed by atoms with E-state index in [1.807, 2.05) is 0 Å². The molecule has 0 amide bonds. The second kappa shape index (κ2) is 52.3. The highest BCUT2D eigenvalue weighted by Crippen LogP contribution is 2.27. The Hall–Kier alpha value is -2.02. The van der Waals surface area contributed by atoms with E-state index in [9.17, 15) is 45.3 Å². The zero-order valence-electron chi connectivity index (χ0n) is 51.3. The summed E-state index contributed by atoms with van der Waals surface area (Å²) in [5, 5.41) is 72.5. The smallest absolute Gasteiger partial charge is 0.306 e. The molecule has 15 nitrogen and oxygen atoms in total. The molecule has 11 atom stereocenters. The summed E-state index contributed by atoms with van der Waals surface area (Å²) in [7, 11) is 0. The summed E-state index contributed by atoms with van der Waals surface area (Å²) in [6, 6.07) is 0. The van der Waals surface area contributed by atoms with E-state index in [1.165, 1.54) is 193 Å². The van der Waals surface area contributed by atoms with Crippen LogP contribution >= 0.6 is 0 Å². The molecule has 2 heterocycles. The van der Waals surface area contributed by atoms with Crippen LogP contribution in [0.2, 0.25) is 0 Å². The number of esters is 2. The number of allylic oxidation sites excluding steroid dienone is 4. The maximum Gasteiger partial charge on any atom is 0.306 e. The van der Waals surface area contributed by atoms with Crippen molar-refractivity contribution in [1.29, 1.82) is 0 Å². The zero-order valence-corrected chi connectivity index (χ0v) is 51.3. The van der Waals surface area contributed by atoms with Crippen molar-refractivity contribution >= 4 is 11.9 Å². The van der Waals surface area contributed by atoms with Gasteiger partial charge in [0.1, 0.15) is 55.4 Å². The molecule has 0 aromatic heterocycles. The third kappa shape index (κ3) is 38.6. The Balaban J connectivity index is 1.68. The number of hydrogen-bond donors (Lipinski definition) is 7. The number of unbranched alkanes of at least 4 members (excludes halogenated alkanes) is 37. The topological polar surface area (TPSA) is 231 Å². The molecular weight excluding hydrogens is 1030 g/mol. The summed E-state index contributed by atoms with van der Waals surface area (Å²) in [5.41, 5.74) is 0. The number of aliphatic hydroxyl groups excluding tert-OH is 7. The van der Waals surface area contributed by atoms with Gasteiger partial charge < -0.3 is 64.2 Å². The molecule has 0 saturated carbocycles. The van der Waals surface area contributed by atoms with Crippen LogP contribution in [-0.2, 0) is 38.0 Å². The molecule has 0 bridgehead atoms. The average Bonchev–Trinajstić information content (AvgIpc) is 3.47. The number of hydrogen-bond acceptors (Lipinski definition) is 15. The minimum Gasteiger partial charge on any atom is -0.462 e. The molecule has 0 radical (unpaired) electrons. The molecule has 15 heteroatoms. The van der Waals surface area contributed by atoms with Gasteiger partial charge in [0.2, 0.25) is 0 Å². The summed E-state index contributed by atoms with van der Waals surface area (Å²) in [6.45, 7) is 2.65. The predicted octanol–water partition coefficient (Wildman–Crippen LogP) is 13.0. The lowest BCUT2D eigenvalue weighted by Crippen LogP contribution is -2.61. The molecule has 0 aromatic carbocycles. The molecule has 476 valence electrons. The van der Waals surface area contributed by atoms with Gasteiger partial charge >= 0.3 is 11.9 Å². The van der Waals surface area contributed by atoms with Crippen molar-refractivity contribution in [3.63, 3.8) is 0 Å². The molecule has 2 aliphatic heterocycles. The van der Waals surface area contributed by atoms with E-state index in [1.54, 1.807) is 0 Å². The van der Waals surface area contributed by atoms with Crippen molar-refractivity contribution in [3.8, 4) is 0 Å². The van der Waals surface area contributed by atoms with Gasteiger partial charge in [-0.25, -0.2) is 0 Å². The number of ether oxygens (including phenoxy) is 6. The van der Waals surface area contributed by atoms with Crippen LogP contribution in [0.1, 0.15) is 290 Å². The summed E-state index contributed by atoms with van der Waals surface area (Å²) >= 11 is 0. The first-order valence-corrected chi connectivity index (χ1v) is 33.4. The predicted molar refractivity (Wildman–Crippen MR) is 321 cm³/mol. The largest absolute Gasteiger partial charge is 0.462 e. The molecule has 2 rings (SSSR count). The SMILES string of the molecule is CCCCCCC/C=C\C/C=C\CCCCCCCCCCCC(=O)OC(COC(=O)CCCCCCCCCCCCCCCCCCCCCCCCCC)COC1OC(COC2OC(CO)C(O)C(O)C2O)C(O)C(O)C1O. The molecule has 7 N–H and O–H groups in total. The Bertz CT molecular complexity index is 1500. The number of carbonyl (C=O) groups is 2. The molecule has 2 saturated heterocycles. The molecule has 0 aliphatic carbocycles. The highest BCUT2D eigenvalue weighted by molar-refractivity contribution is 5.70. The quantitative estimate of drug-likeness (QED) is 0.0171. The summed E-state index contributed by atoms with van der Waals surface area (Å²) in [6.07, 6.45) is 43.4. The van der Waals surface area contributed by atoms with Crippen molar-refractivity contribution in [2.24, 2.45) is 0 Å². The molecule has 81 heavy (non-hydrogen) atoms. The fourth-order valence-electron chi connectivity index (χ4n) is 10.8. The summed E-state index contributed by atoms with van der Waals surface area (Å²) in [5.74, 6) is -0.912. The maximum atomic E-state index is 13.1. The van der Waals surface area contributed by atoms with Crippen LogP contribution < -0.4 is 0 Å². The van der Waals surface area contributed by atoms with Crippen molar-refractivity contribution in [2.45, 2.75) is 357 Å². The summed E-state index contributed by atoms with van der Waals surface area (Å²) < 4.78 is 33.8. The van der Waals surface area contributed by atoms with Crippen LogP contribution in [0.25, 0.3) is 0 Å². The fourth-order valence-corrected chi connectivity index (χ4v) is 10.8. The highest BCUT2D eigenvalue weighted by Gasteiger charge is 2.47.